The smallest absolute Gasteiger partial charge is 0.243 e. The van der Waals surface area contributed by atoms with E-state index < -0.39 is 32.7 Å². The van der Waals surface area contributed by atoms with Crippen LogP contribution in [0.15, 0.2) is 27.6 Å². The van der Waals surface area contributed by atoms with Crippen LogP contribution in [-0.2, 0) is 20.8 Å². The molecule has 0 aliphatic carbocycles. The molecule has 4 nitrogen and oxygen atoms in total. The van der Waals surface area contributed by atoms with E-state index in [4.69, 9.17) is 0 Å². The molecule has 0 spiro atoms. The third-order valence-electron chi connectivity index (χ3n) is 2.38. The summed E-state index contributed by atoms with van der Waals surface area (Å²) in [4.78, 5) is -0.389. The van der Waals surface area contributed by atoms with Crippen molar-refractivity contribution in [3.8, 4) is 0 Å². The van der Waals surface area contributed by atoms with Gasteiger partial charge in [-0.15, -0.1) is 0 Å². The fourth-order valence-electron chi connectivity index (χ4n) is 1.42. The summed E-state index contributed by atoms with van der Waals surface area (Å²) in [6, 6.07) is 3.35. The highest BCUT2D eigenvalue weighted by atomic mass is 79.9. The highest BCUT2D eigenvalue weighted by molar-refractivity contribution is 9.10. The summed E-state index contributed by atoms with van der Waals surface area (Å²) in [5, 5.41) is 0. The van der Waals surface area contributed by atoms with Crippen LogP contribution in [-0.4, -0.2) is 30.7 Å². The number of nitrogens with one attached hydrogen (secondary N) is 1. The van der Waals surface area contributed by atoms with E-state index in [1.165, 1.54) is 12.1 Å². The van der Waals surface area contributed by atoms with Gasteiger partial charge in [-0.3, -0.25) is 4.21 Å². The van der Waals surface area contributed by atoms with Gasteiger partial charge in [0.05, 0.1) is 0 Å². The predicted octanol–water partition coefficient (Wildman–Crippen LogP) is 2.02. The van der Waals surface area contributed by atoms with Gasteiger partial charge >= 0.3 is 0 Å². The Morgan fingerprint density at radius 2 is 2.11 bits per heavy atom. The first-order chi connectivity index (χ1) is 8.72. The predicted molar refractivity (Wildman–Crippen MR) is 77.4 cm³/mol. The Balaban J connectivity index is 2.83. The van der Waals surface area contributed by atoms with Gasteiger partial charge in [0.25, 0.3) is 0 Å². The van der Waals surface area contributed by atoms with Gasteiger partial charge in [-0.05, 0) is 31.5 Å². The zero-order valence-corrected chi connectivity index (χ0v) is 13.7. The van der Waals surface area contributed by atoms with Gasteiger partial charge in [0.15, 0.2) is 0 Å². The second-order valence-electron chi connectivity index (χ2n) is 4.16. The van der Waals surface area contributed by atoms with Crippen LogP contribution in [0.4, 0.5) is 4.39 Å². The fourth-order valence-corrected chi connectivity index (χ4v) is 3.78. The zero-order valence-electron chi connectivity index (χ0n) is 10.5. The van der Waals surface area contributed by atoms with E-state index in [-0.39, 0.29) is 4.90 Å². The van der Waals surface area contributed by atoms with E-state index in [9.17, 15) is 17.0 Å². The summed E-state index contributed by atoms with van der Waals surface area (Å²) in [5.41, 5.74) is 0. The maximum Gasteiger partial charge on any atom is 0.243 e. The maximum atomic E-state index is 13.6. The zero-order chi connectivity index (χ0) is 14.6. The first kappa shape index (κ1) is 16.7. The normalized spacial score (nSPS) is 15.2. The molecule has 1 rings (SSSR count). The van der Waals surface area contributed by atoms with Crippen LogP contribution < -0.4 is 4.72 Å². The third-order valence-corrected chi connectivity index (χ3v) is 5.30. The van der Waals surface area contributed by atoms with Crippen molar-refractivity contribution in [2.75, 3.05) is 12.0 Å². The van der Waals surface area contributed by atoms with E-state index in [0.29, 0.717) is 16.6 Å². The Labute approximate surface area is 123 Å². The number of rotatable bonds is 6. The molecular weight excluding hydrogens is 357 g/mol. The summed E-state index contributed by atoms with van der Waals surface area (Å²) in [6.07, 6.45) is 1.98. The van der Waals surface area contributed by atoms with Crippen molar-refractivity contribution in [1.82, 2.24) is 4.72 Å². The molecule has 0 heterocycles. The average molecular weight is 372 g/mol. The van der Waals surface area contributed by atoms with Crippen LogP contribution >= 0.6 is 15.9 Å². The molecule has 0 radical (unpaired) electrons. The molecule has 108 valence electrons. The molecule has 8 heteroatoms. The average Bonchev–Trinajstić information content (AvgIpc) is 2.25. The van der Waals surface area contributed by atoms with Crippen LogP contribution in [0, 0.1) is 5.82 Å². The van der Waals surface area contributed by atoms with E-state index in [1.807, 2.05) is 0 Å². The van der Waals surface area contributed by atoms with Gasteiger partial charge in [-0.1, -0.05) is 15.9 Å². The molecule has 0 aliphatic rings. The summed E-state index contributed by atoms with van der Waals surface area (Å²) in [7, 11) is -4.88. The lowest BCUT2D eigenvalue weighted by atomic mass is 10.3. The van der Waals surface area contributed by atoms with Gasteiger partial charge in [-0.25, -0.2) is 17.5 Å². The molecular formula is C11H15BrFNO3S2. The van der Waals surface area contributed by atoms with Crippen LogP contribution in [0.1, 0.15) is 13.3 Å². The molecule has 0 fully saturated rings. The maximum absolute atomic E-state index is 13.6. The molecule has 0 aromatic heterocycles. The molecule has 1 aromatic carbocycles. The lowest BCUT2D eigenvalue weighted by molar-refractivity contribution is 0.539. The highest BCUT2D eigenvalue weighted by Crippen LogP contribution is 2.19. The van der Waals surface area contributed by atoms with Gasteiger partial charge in [0.2, 0.25) is 10.0 Å². The summed E-state index contributed by atoms with van der Waals surface area (Å²) < 4.78 is 51.4. The van der Waals surface area contributed by atoms with Crippen molar-refractivity contribution in [2.45, 2.75) is 24.3 Å². The van der Waals surface area contributed by atoms with Crippen LogP contribution in [0.25, 0.3) is 0 Å². The van der Waals surface area contributed by atoms with Crippen molar-refractivity contribution >= 4 is 36.8 Å². The topological polar surface area (TPSA) is 63.2 Å². The van der Waals surface area contributed by atoms with Crippen molar-refractivity contribution < 1.29 is 17.0 Å². The first-order valence-corrected chi connectivity index (χ1v) is 9.50. The van der Waals surface area contributed by atoms with Crippen molar-refractivity contribution in [3.05, 3.63) is 28.5 Å². The van der Waals surface area contributed by atoms with E-state index in [2.05, 4.69) is 20.7 Å². The minimum atomic E-state index is -3.90. The molecule has 1 N–H and O–H groups in total. The minimum Gasteiger partial charge on any atom is -0.260 e. The molecule has 0 amide bonds. The number of halogens is 2. The van der Waals surface area contributed by atoms with Crippen molar-refractivity contribution in [2.24, 2.45) is 0 Å². The Morgan fingerprint density at radius 1 is 1.47 bits per heavy atom. The quantitative estimate of drug-likeness (QED) is 0.831. The van der Waals surface area contributed by atoms with Crippen molar-refractivity contribution in [1.29, 1.82) is 0 Å². The Morgan fingerprint density at radius 3 is 2.63 bits per heavy atom. The number of benzene rings is 1. The monoisotopic (exact) mass is 371 g/mol. The summed E-state index contributed by atoms with van der Waals surface area (Å²) in [6.45, 7) is 1.65. The molecule has 0 aliphatic heterocycles. The van der Waals surface area contributed by atoms with Gasteiger partial charge in [0, 0.05) is 33.3 Å². The molecule has 0 saturated carbocycles. The SMILES string of the molecule is CC(CCS(C)=O)NS(=O)(=O)c1ccc(Br)cc1F. The molecule has 1 aromatic rings. The Bertz CT molecular complexity index is 577. The second-order valence-corrected chi connectivity index (χ2v) is 8.32. The molecule has 2 atom stereocenters. The fraction of sp³-hybridized carbons (Fsp3) is 0.455. The lowest BCUT2D eigenvalue weighted by Gasteiger charge is -2.14. The van der Waals surface area contributed by atoms with Crippen LogP contribution in [0.3, 0.4) is 0 Å². The standard InChI is InChI=1S/C11H15BrFNO3S2/c1-8(5-6-18(2)15)14-19(16,17)11-4-3-9(12)7-10(11)13/h3-4,7-8,14H,5-6H2,1-2H3. The molecule has 2 unspecified atom stereocenters. The van der Waals surface area contributed by atoms with Crippen LogP contribution in [0.2, 0.25) is 0 Å². The molecule has 0 bridgehead atoms. The number of hydrogen-bond acceptors (Lipinski definition) is 3. The number of hydrogen-bond donors (Lipinski definition) is 1. The first-order valence-electron chi connectivity index (χ1n) is 5.50. The van der Waals surface area contributed by atoms with Gasteiger partial charge < -0.3 is 0 Å². The summed E-state index contributed by atoms with van der Waals surface area (Å²) >= 11 is 3.07. The molecule has 19 heavy (non-hydrogen) atoms. The van der Waals surface area contributed by atoms with Crippen molar-refractivity contribution in [3.63, 3.8) is 0 Å². The second kappa shape index (κ2) is 6.92. The largest absolute Gasteiger partial charge is 0.260 e. The highest BCUT2D eigenvalue weighted by Gasteiger charge is 2.21. The van der Waals surface area contributed by atoms with Crippen LogP contribution in [0.5, 0.6) is 0 Å². The number of sulfonamides is 1. The van der Waals surface area contributed by atoms with Gasteiger partial charge in [0.1, 0.15) is 10.7 Å². The van der Waals surface area contributed by atoms with E-state index in [1.54, 1.807) is 13.2 Å². The third kappa shape index (κ3) is 5.29. The minimum absolute atomic E-state index is 0.389. The Kier molecular flexibility index (Phi) is 6.10. The van der Waals surface area contributed by atoms with E-state index in [0.717, 1.165) is 6.07 Å². The van der Waals surface area contributed by atoms with E-state index >= 15 is 0 Å². The molecule has 0 saturated heterocycles. The van der Waals surface area contributed by atoms with Gasteiger partial charge in [-0.2, -0.15) is 0 Å². The lowest BCUT2D eigenvalue weighted by Crippen LogP contribution is -2.34. The summed E-state index contributed by atoms with van der Waals surface area (Å²) in [5.74, 6) is -0.417. The Hall–Kier alpha value is -0.310.